The minimum atomic E-state index is -0.706. The number of carbonyl (C=O) groups is 2. The second kappa shape index (κ2) is 7.48. The van der Waals surface area contributed by atoms with Gasteiger partial charge in [0.25, 0.3) is 11.7 Å². The average Bonchev–Trinajstić information content (AvgIpc) is 3.40. The van der Waals surface area contributed by atoms with Crippen LogP contribution in [0.4, 0.5) is 0 Å². The summed E-state index contributed by atoms with van der Waals surface area (Å²) in [6.07, 6.45) is 6.46. The molecule has 1 saturated carbocycles. The van der Waals surface area contributed by atoms with Crippen molar-refractivity contribution in [2.45, 2.75) is 44.2 Å². The zero-order valence-electron chi connectivity index (χ0n) is 16.6. The largest absolute Gasteiger partial charge is 0.507 e. The molecule has 1 unspecified atom stereocenters. The van der Waals surface area contributed by atoms with E-state index >= 15 is 0 Å². The van der Waals surface area contributed by atoms with Crippen molar-refractivity contribution in [2.24, 2.45) is 0 Å². The number of ketones is 1. The molecule has 1 N–H and O–H groups in total. The Morgan fingerprint density at radius 3 is 2.47 bits per heavy atom. The number of aliphatic hydroxyl groups excluding tert-OH is 1. The smallest absolute Gasteiger partial charge is 0.296 e. The van der Waals surface area contributed by atoms with Crippen LogP contribution in [0, 0.1) is 0 Å². The van der Waals surface area contributed by atoms with Gasteiger partial charge in [0.15, 0.2) is 0 Å². The van der Waals surface area contributed by atoms with E-state index in [0.717, 1.165) is 42.9 Å². The minimum absolute atomic E-state index is 0.0249. The normalized spacial score (nSPS) is 22.1. The lowest BCUT2D eigenvalue weighted by Crippen LogP contribution is -2.40. The summed E-state index contributed by atoms with van der Waals surface area (Å²) in [7, 11) is 0. The zero-order valence-corrected chi connectivity index (χ0v) is 16.6. The van der Waals surface area contributed by atoms with Gasteiger partial charge in [0.1, 0.15) is 17.6 Å². The highest BCUT2D eigenvalue weighted by Gasteiger charge is 2.50. The van der Waals surface area contributed by atoms with Gasteiger partial charge in [0.05, 0.1) is 11.8 Å². The molecule has 2 aliphatic rings. The van der Waals surface area contributed by atoms with E-state index in [4.69, 9.17) is 4.42 Å². The Bertz CT molecular complexity index is 1130. The molecule has 3 aromatic rings. The molecule has 1 aliphatic heterocycles. The number of amides is 1. The monoisotopic (exact) mass is 401 g/mol. The lowest BCUT2D eigenvalue weighted by molar-refractivity contribution is -0.142. The number of fused-ring (bicyclic) bond motifs is 1. The first-order valence-corrected chi connectivity index (χ1v) is 10.5. The third-order valence-corrected chi connectivity index (χ3v) is 6.31. The highest BCUT2D eigenvalue weighted by Crippen LogP contribution is 2.43. The van der Waals surface area contributed by atoms with E-state index in [2.05, 4.69) is 0 Å². The number of hydrogen-bond donors (Lipinski definition) is 1. The fourth-order valence-electron chi connectivity index (χ4n) is 4.89. The van der Waals surface area contributed by atoms with Gasteiger partial charge in [-0.25, -0.2) is 0 Å². The number of carbonyl (C=O) groups excluding carboxylic acids is 2. The van der Waals surface area contributed by atoms with E-state index in [1.165, 1.54) is 6.26 Å². The van der Waals surface area contributed by atoms with Gasteiger partial charge in [-0.2, -0.15) is 0 Å². The second-order valence-corrected chi connectivity index (χ2v) is 8.04. The van der Waals surface area contributed by atoms with Crippen molar-refractivity contribution in [3.05, 3.63) is 77.8 Å². The fraction of sp³-hybridized carbons (Fsp3) is 0.280. The number of rotatable bonds is 3. The SMILES string of the molecule is O=C1C(=O)N(C2CCCCC2)C(c2ccco2)/C1=C(/O)c1cccc2ccccc12. The molecule has 152 valence electrons. The third-order valence-electron chi connectivity index (χ3n) is 6.31. The average molecular weight is 401 g/mol. The van der Waals surface area contributed by atoms with Crippen molar-refractivity contribution >= 4 is 28.2 Å². The van der Waals surface area contributed by atoms with E-state index in [0.29, 0.717) is 11.3 Å². The molecule has 1 amide bonds. The Balaban J connectivity index is 1.70. The van der Waals surface area contributed by atoms with Crippen molar-refractivity contribution < 1.29 is 19.1 Å². The minimum Gasteiger partial charge on any atom is -0.507 e. The van der Waals surface area contributed by atoms with Crippen LogP contribution in [-0.2, 0) is 9.59 Å². The Morgan fingerprint density at radius 2 is 1.70 bits per heavy atom. The van der Waals surface area contributed by atoms with Gasteiger partial charge in [-0.15, -0.1) is 0 Å². The predicted octanol–water partition coefficient (Wildman–Crippen LogP) is 5.19. The molecular weight excluding hydrogens is 378 g/mol. The molecule has 1 aromatic heterocycles. The van der Waals surface area contributed by atoms with Gasteiger partial charge >= 0.3 is 0 Å². The van der Waals surface area contributed by atoms with Crippen LogP contribution in [0.15, 0.2) is 70.9 Å². The predicted molar refractivity (Wildman–Crippen MR) is 114 cm³/mol. The lowest BCUT2D eigenvalue weighted by Gasteiger charge is -2.34. The molecule has 2 aromatic carbocycles. The van der Waals surface area contributed by atoms with Gasteiger partial charge in [0, 0.05) is 11.6 Å². The third kappa shape index (κ3) is 2.93. The molecule has 0 spiro atoms. The van der Waals surface area contributed by atoms with Crippen molar-refractivity contribution in [2.75, 3.05) is 0 Å². The summed E-state index contributed by atoms with van der Waals surface area (Å²) >= 11 is 0. The van der Waals surface area contributed by atoms with Crippen LogP contribution in [-0.4, -0.2) is 27.7 Å². The van der Waals surface area contributed by atoms with E-state index in [1.807, 2.05) is 36.4 Å². The fourth-order valence-corrected chi connectivity index (χ4v) is 4.89. The zero-order chi connectivity index (χ0) is 20.7. The van der Waals surface area contributed by atoms with Gasteiger partial charge in [-0.3, -0.25) is 9.59 Å². The second-order valence-electron chi connectivity index (χ2n) is 8.04. The van der Waals surface area contributed by atoms with E-state index in [9.17, 15) is 14.7 Å². The number of benzene rings is 2. The Kier molecular flexibility index (Phi) is 4.66. The number of Topliss-reactive ketones (excluding diaryl/α,β-unsaturated/α-hetero) is 1. The van der Waals surface area contributed by atoms with E-state index in [1.54, 1.807) is 23.1 Å². The molecule has 0 radical (unpaired) electrons. The number of likely N-dealkylation sites (tertiary alicyclic amines) is 1. The van der Waals surface area contributed by atoms with Crippen molar-refractivity contribution in [1.82, 2.24) is 4.90 Å². The lowest BCUT2D eigenvalue weighted by atomic mass is 9.92. The van der Waals surface area contributed by atoms with Gasteiger partial charge < -0.3 is 14.4 Å². The van der Waals surface area contributed by atoms with E-state index < -0.39 is 17.7 Å². The molecule has 1 saturated heterocycles. The number of nitrogens with zero attached hydrogens (tertiary/aromatic N) is 1. The van der Waals surface area contributed by atoms with Gasteiger partial charge in [-0.05, 0) is 35.7 Å². The Hall–Kier alpha value is -3.34. The summed E-state index contributed by atoms with van der Waals surface area (Å²) in [4.78, 5) is 27.9. The number of hydrogen-bond acceptors (Lipinski definition) is 4. The molecule has 1 atom stereocenters. The van der Waals surface area contributed by atoms with Crippen LogP contribution in [0.5, 0.6) is 0 Å². The maximum atomic E-state index is 13.2. The highest BCUT2D eigenvalue weighted by atomic mass is 16.3. The maximum absolute atomic E-state index is 13.2. The summed E-state index contributed by atoms with van der Waals surface area (Å²) in [5, 5.41) is 13.1. The van der Waals surface area contributed by atoms with Crippen LogP contribution in [0.25, 0.3) is 16.5 Å². The first-order valence-electron chi connectivity index (χ1n) is 10.5. The summed E-state index contributed by atoms with van der Waals surface area (Å²) in [5.41, 5.74) is 0.656. The standard InChI is InChI=1S/C25H23NO4/c27-23(19-13-6-9-16-8-4-5-12-18(16)19)21-22(20-14-7-15-30-20)26(25(29)24(21)28)17-10-2-1-3-11-17/h4-9,12-15,17,22,27H,1-3,10-11H2/b23-21-. The summed E-state index contributed by atoms with van der Waals surface area (Å²) in [6, 6.07) is 16.0. The van der Waals surface area contributed by atoms with E-state index in [-0.39, 0.29) is 17.4 Å². The topological polar surface area (TPSA) is 70.8 Å². The van der Waals surface area contributed by atoms with Crippen LogP contribution in [0.2, 0.25) is 0 Å². The highest BCUT2D eigenvalue weighted by molar-refractivity contribution is 6.46. The summed E-state index contributed by atoms with van der Waals surface area (Å²) in [5.74, 6) is -0.844. The van der Waals surface area contributed by atoms with Gasteiger partial charge in [-0.1, -0.05) is 61.7 Å². The molecule has 5 nitrogen and oxygen atoms in total. The number of furan rings is 1. The van der Waals surface area contributed by atoms with Crippen molar-refractivity contribution in [3.63, 3.8) is 0 Å². The summed E-state index contributed by atoms with van der Waals surface area (Å²) in [6.45, 7) is 0. The Morgan fingerprint density at radius 1 is 0.933 bits per heavy atom. The molecule has 2 fully saturated rings. The van der Waals surface area contributed by atoms with Crippen LogP contribution in [0.1, 0.15) is 49.5 Å². The number of aliphatic hydroxyl groups is 1. The Labute approximate surface area is 174 Å². The summed E-state index contributed by atoms with van der Waals surface area (Å²) < 4.78 is 5.65. The molecule has 5 rings (SSSR count). The molecule has 5 heteroatoms. The van der Waals surface area contributed by atoms with Gasteiger partial charge in [0.2, 0.25) is 0 Å². The van der Waals surface area contributed by atoms with Crippen LogP contribution >= 0.6 is 0 Å². The molecule has 1 aliphatic carbocycles. The quantitative estimate of drug-likeness (QED) is 0.373. The molecule has 30 heavy (non-hydrogen) atoms. The van der Waals surface area contributed by atoms with Crippen LogP contribution in [0.3, 0.4) is 0 Å². The molecular formula is C25H23NO4. The van der Waals surface area contributed by atoms with Crippen LogP contribution < -0.4 is 0 Å². The first kappa shape index (κ1) is 18.7. The first-order chi connectivity index (χ1) is 14.7. The molecule has 0 bridgehead atoms. The molecule has 2 heterocycles. The van der Waals surface area contributed by atoms with Crippen molar-refractivity contribution in [3.8, 4) is 0 Å². The maximum Gasteiger partial charge on any atom is 0.296 e. The van der Waals surface area contributed by atoms with Crippen molar-refractivity contribution in [1.29, 1.82) is 0 Å².